The summed E-state index contributed by atoms with van der Waals surface area (Å²) >= 11 is 0. The standard InChI is InChI=1S/C26H39N3O4S/c1-20(2)18-29(19-21(3)4)16-6-15-27-26(30)23-9-7-22(8-10-23)17-28-34(31,32)25-13-11-24(33-5)12-14-25/h7-14,20-21,28H,6,15-19H2,1-5H3,(H,27,30). The van der Waals surface area contributed by atoms with Gasteiger partial charge in [0, 0.05) is 31.7 Å². The van der Waals surface area contributed by atoms with Crippen LogP contribution in [0.25, 0.3) is 0 Å². The lowest BCUT2D eigenvalue weighted by Crippen LogP contribution is -2.34. The summed E-state index contributed by atoms with van der Waals surface area (Å²) in [7, 11) is -2.11. The summed E-state index contributed by atoms with van der Waals surface area (Å²) in [6.45, 7) is 12.7. The molecule has 2 aromatic carbocycles. The lowest BCUT2D eigenvalue weighted by Gasteiger charge is -2.26. The number of ether oxygens (including phenoxy) is 1. The Balaban J connectivity index is 1.81. The molecule has 0 aliphatic heterocycles. The Bertz CT molecular complexity index is 978. The molecule has 2 rings (SSSR count). The van der Waals surface area contributed by atoms with Crippen molar-refractivity contribution >= 4 is 15.9 Å². The molecule has 0 spiro atoms. The average Bonchev–Trinajstić information content (AvgIpc) is 2.80. The zero-order chi connectivity index (χ0) is 25.1. The Morgan fingerprint density at radius 1 is 0.941 bits per heavy atom. The van der Waals surface area contributed by atoms with Crippen molar-refractivity contribution in [1.29, 1.82) is 0 Å². The van der Waals surface area contributed by atoms with E-state index in [0.29, 0.717) is 29.7 Å². The van der Waals surface area contributed by atoms with Gasteiger partial charge in [-0.15, -0.1) is 0 Å². The molecule has 188 valence electrons. The maximum atomic E-state index is 12.5. The third-order valence-electron chi connectivity index (χ3n) is 5.24. The van der Waals surface area contributed by atoms with Gasteiger partial charge < -0.3 is 15.0 Å². The summed E-state index contributed by atoms with van der Waals surface area (Å²) in [5.74, 6) is 1.71. The molecule has 7 nitrogen and oxygen atoms in total. The van der Waals surface area contributed by atoms with Crippen molar-refractivity contribution in [3.63, 3.8) is 0 Å². The Kier molecular flexibility index (Phi) is 11.0. The van der Waals surface area contributed by atoms with E-state index < -0.39 is 10.0 Å². The zero-order valence-corrected chi connectivity index (χ0v) is 21.8. The van der Waals surface area contributed by atoms with Crippen LogP contribution in [0.2, 0.25) is 0 Å². The number of nitrogens with one attached hydrogen (secondary N) is 2. The molecule has 0 aliphatic rings. The Morgan fingerprint density at radius 3 is 2.06 bits per heavy atom. The molecule has 0 saturated carbocycles. The van der Waals surface area contributed by atoms with Gasteiger partial charge in [0.05, 0.1) is 12.0 Å². The van der Waals surface area contributed by atoms with Gasteiger partial charge in [0.15, 0.2) is 0 Å². The van der Waals surface area contributed by atoms with Crippen molar-refractivity contribution in [3.05, 3.63) is 59.7 Å². The Hall–Kier alpha value is -2.42. The molecule has 0 heterocycles. The summed E-state index contributed by atoms with van der Waals surface area (Å²) in [4.78, 5) is 15.1. The fourth-order valence-corrected chi connectivity index (χ4v) is 4.70. The minimum Gasteiger partial charge on any atom is -0.497 e. The average molecular weight is 490 g/mol. The van der Waals surface area contributed by atoms with Gasteiger partial charge in [-0.3, -0.25) is 4.79 Å². The lowest BCUT2D eigenvalue weighted by molar-refractivity contribution is 0.0950. The molecule has 1 amide bonds. The maximum Gasteiger partial charge on any atom is 0.251 e. The molecular formula is C26H39N3O4S. The van der Waals surface area contributed by atoms with Gasteiger partial charge in [-0.25, -0.2) is 13.1 Å². The van der Waals surface area contributed by atoms with Crippen LogP contribution < -0.4 is 14.8 Å². The van der Waals surface area contributed by atoms with Gasteiger partial charge in [-0.1, -0.05) is 39.8 Å². The molecule has 0 aliphatic carbocycles. The van der Waals surface area contributed by atoms with Crippen molar-refractivity contribution in [1.82, 2.24) is 14.9 Å². The summed E-state index contributed by atoms with van der Waals surface area (Å²) in [5, 5.41) is 2.98. The van der Waals surface area contributed by atoms with Gasteiger partial charge in [0.25, 0.3) is 5.91 Å². The normalized spacial score (nSPS) is 11.9. The highest BCUT2D eigenvalue weighted by atomic mass is 32.2. The molecule has 0 fully saturated rings. The zero-order valence-electron chi connectivity index (χ0n) is 21.0. The first-order chi connectivity index (χ1) is 16.1. The molecular weight excluding hydrogens is 450 g/mol. The van der Waals surface area contributed by atoms with E-state index in [4.69, 9.17) is 4.74 Å². The van der Waals surface area contributed by atoms with Crippen LogP contribution in [0.4, 0.5) is 0 Å². The Morgan fingerprint density at radius 2 is 1.53 bits per heavy atom. The molecule has 34 heavy (non-hydrogen) atoms. The summed E-state index contributed by atoms with van der Waals surface area (Å²) in [6.07, 6.45) is 0.899. The van der Waals surface area contributed by atoms with E-state index in [-0.39, 0.29) is 17.3 Å². The fraction of sp³-hybridized carbons (Fsp3) is 0.500. The van der Waals surface area contributed by atoms with E-state index in [1.165, 1.54) is 19.2 Å². The van der Waals surface area contributed by atoms with Crippen molar-refractivity contribution in [2.45, 2.75) is 45.6 Å². The van der Waals surface area contributed by atoms with Gasteiger partial charge in [0.2, 0.25) is 10.0 Å². The van der Waals surface area contributed by atoms with Gasteiger partial charge in [0.1, 0.15) is 5.75 Å². The van der Waals surface area contributed by atoms with Gasteiger partial charge >= 0.3 is 0 Å². The summed E-state index contributed by atoms with van der Waals surface area (Å²) in [5.41, 5.74) is 1.33. The van der Waals surface area contributed by atoms with E-state index in [1.807, 2.05) is 0 Å². The molecule has 0 unspecified atom stereocenters. The van der Waals surface area contributed by atoms with Crippen LogP contribution in [-0.4, -0.2) is 52.5 Å². The number of carbonyl (C=O) groups is 1. The lowest BCUT2D eigenvalue weighted by atomic mass is 10.1. The molecule has 2 aromatic rings. The van der Waals surface area contributed by atoms with E-state index in [0.717, 1.165) is 31.6 Å². The largest absolute Gasteiger partial charge is 0.497 e. The van der Waals surface area contributed by atoms with Crippen molar-refractivity contribution < 1.29 is 17.9 Å². The molecule has 8 heteroatoms. The second kappa shape index (κ2) is 13.5. The minimum atomic E-state index is -3.64. The molecule has 0 saturated heterocycles. The highest BCUT2D eigenvalue weighted by Crippen LogP contribution is 2.16. The molecule has 0 atom stereocenters. The second-order valence-corrected chi connectivity index (χ2v) is 11.1. The number of amides is 1. The van der Waals surface area contributed by atoms with Crippen LogP contribution in [0.3, 0.4) is 0 Å². The quantitative estimate of drug-likeness (QED) is 0.393. The number of hydrogen-bond acceptors (Lipinski definition) is 5. The molecule has 0 aromatic heterocycles. The predicted octanol–water partition coefficient (Wildman–Crippen LogP) is 3.91. The number of nitrogens with zero attached hydrogens (tertiary/aromatic N) is 1. The van der Waals surface area contributed by atoms with Crippen LogP contribution in [0, 0.1) is 11.8 Å². The number of benzene rings is 2. The molecule has 0 radical (unpaired) electrons. The Labute approximate surface area is 204 Å². The first-order valence-electron chi connectivity index (χ1n) is 11.8. The molecule has 2 N–H and O–H groups in total. The van der Waals surface area contributed by atoms with Crippen LogP contribution >= 0.6 is 0 Å². The van der Waals surface area contributed by atoms with Gasteiger partial charge in [-0.2, -0.15) is 0 Å². The SMILES string of the molecule is COc1ccc(S(=O)(=O)NCc2ccc(C(=O)NCCCN(CC(C)C)CC(C)C)cc2)cc1. The van der Waals surface area contributed by atoms with E-state index >= 15 is 0 Å². The van der Waals surface area contributed by atoms with Crippen LogP contribution in [0.5, 0.6) is 5.75 Å². The summed E-state index contributed by atoms with van der Waals surface area (Å²) < 4.78 is 32.6. The highest BCUT2D eigenvalue weighted by Gasteiger charge is 2.14. The highest BCUT2D eigenvalue weighted by molar-refractivity contribution is 7.89. The van der Waals surface area contributed by atoms with Gasteiger partial charge in [-0.05, 0) is 66.8 Å². The first kappa shape index (κ1) is 27.8. The third-order valence-corrected chi connectivity index (χ3v) is 6.65. The second-order valence-electron chi connectivity index (χ2n) is 9.35. The predicted molar refractivity (Wildman–Crippen MR) is 137 cm³/mol. The number of rotatable bonds is 14. The number of methoxy groups -OCH3 is 1. The number of sulfonamides is 1. The molecule has 0 bridgehead atoms. The minimum absolute atomic E-state index is 0.121. The van der Waals surface area contributed by atoms with Crippen LogP contribution in [0.15, 0.2) is 53.4 Å². The van der Waals surface area contributed by atoms with Crippen molar-refractivity contribution in [2.24, 2.45) is 11.8 Å². The van der Waals surface area contributed by atoms with Crippen LogP contribution in [-0.2, 0) is 16.6 Å². The van der Waals surface area contributed by atoms with E-state index in [9.17, 15) is 13.2 Å². The third kappa shape index (κ3) is 9.44. The fourth-order valence-electron chi connectivity index (χ4n) is 3.69. The topological polar surface area (TPSA) is 87.7 Å². The smallest absolute Gasteiger partial charge is 0.251 e. The number of carbonyl (C=O) groups excluding carboxylic acids is 1. The van der Waals surface area contributed by atoms with Crippen LogP contribution in [0.1, 0.15) is 50.0 Å². The van der Waals surface area contributed by atoms with E-state index in [1.54, 1.807) is 36.4 Å². The number of hydrogen-bond donors (Lipinski definition) is 2. The van der Waals surface area contributed by atoms with Crippen molar-refractivity contribution in [2.75, 3.05) is 33.3 Å². The van der Waals surface area contributed by atoms with Crippen molar-refractivity contribution in [3.8, 4) is 5.75 Å². The summed E-state index contributed by atoms with van der Waals surface area (Å²) in [6, 6.07) is 13.2. The maximum absolute atomic E-state index is 12.5. The first-order valence-corrected chi connectivity index (χ1v) is 13.3. The monoisotopic (exact) mass is 489 g/mol. The van der Waals surface area contributed by atoms with E-state index in [2.05, 4.69) is 42.6 Å².